The Bertz CT molecular complexity index is 363. The van der Waals surface area contributed by atoms with E-state index < -0.39 is 30.2 Å². The van der Waals surface area contributed by atoms with Crippen LogP contribution in [0.4, 0.5) is 22.0 Å². The van der Waals surface area contributed by atoms with Gasteiger partial charge in [-0.05, 0) is 12.1 Å². The summed E-state index contributed by atoms with van der Waals surface area (Å²) in [5.74, 6) is -3.50. The fourth-order valence-electron chi connectivity index (χ4n) is 0.797. The SMILES string of the molecule is Fc1cc(Br)cc(OCC(F)(F)F)c1F. The fourth-order valence-corrected chi connectivity index (χ4v) is 1.21. The molecule has 0 atom stereocenters. The Morgan fingerprint density at radius 3 is 2.33 bits per heavy atom. The molecule has 0 aliphatic rings. The Kier molecular flexibility index (Phi) is 3.54. The molecule has 0 N–H and O–H groups in total. The van der Waals surface area contributed by atoms with E-state index in [1.54, 1.807) is 0 Å². The quantitative estimate of drug-likeness (QED) is 0.596. The van der Waals surface area contributed by atoms with Crippen molar-refractivity contribution in [1.29, 1.82) is 0 Å². The molecule has 1 rings (SSSR count). The maximum Gasteiger partial charge on any atom is 0.422 e. The van der Waals surface area contributed by atoms with Crippen molar-refractivity contribution >= 4 is 15.9 Å². The zero-order chi connectivity index (χ0) is 11.6. The average molecular weight is 291 g/mol. The first-order chi connectivity index (χ1) is 6.79. The third-order valence-electron chi connectivity index (χ3n) is 1.35. The summed E-state index contributed by atoms with van der Waals surface area (Å²) in [4.78, 5) is 0. The molecule has 1 nitrogen and oxygen atoms in total. The topological polar surface area (TPSA) is 9.23 Å². The molecule has 0 aromatic heterocycles. The molecule has 0 radical (unpaired) electrons. The van der Waals surface area contributed by atoms with E-state index >= 15 is 0 Å². The van der Waals surface area contributed by atoms with E-state index in [1.165, 1.54) is 0 Å². The Morgan fingerprint density at radius 1 is 1.20 bits per heavy atom. The minimum Gasteiger partial charge on any atom is -0.481 e. The second kappa shape index (κ2) is 4.34. The van der Waals surface area contributed by atoms with Crippen LogP contribution in [-0.4, -0.2) is 12.8 Å². The lowest BCUT2D eigenvalue weighted by atomic mass is 10.3. The molecular formula is C8H4BrF5O. The van der Waals surface area contributed by atoms with Crippen LogP contribution in [0.1, 0.15) is 0 Å². The van der Waals surface area contributed by atoms with Crippen LogP contribution < -0.4 is 4.74 Å². The predicted octanol–water partition coefficient (Wildman–Crippen LogP) is 3.67. The maximum atomic E-state index is 12.9. The number of ether oxygens (including phenoxy) is 1. The van der Waals surface area contributed by atoms with Gasteiger partial charge in [0.05, 0.1) is 0 Å². The van der Waals surface area contributed by atoms with Gasteiger partial charge in [0.1, 0.15) is 0 Å². The molecule has 0 spiro atoms. The average Bonchev–Trinajstić information content (AvgIpc) is 2.07. The summed E-state index contributed by atoms with van der Waals surface area (Å²) in [7, 11) is 0. The lowest BCUT2D eigenvalue weighted by molar-refractivity contribution is -0.153. The van der Waals surface area contributed by atoms with E-state index in [9.17, 15) is 22.0 Å². The van der Waals surface area contributed by atoms with E-state index in [2.05, 4.69) is 20.7 Å². The normalized spacial score (nSPS) is 11.6. The van der Waals surface area contributed by atoms with Gasteiger partial charge in [-0.1, -0.05) is 15.9 Å². The van der Waals surface area contributed by atoms with Crippen molar-refractivity contribution in [2.75, 3.05) is 6.61 Å². The first-order valence-electron chi connectivity index (χ1n) is 3.63. The Balaban J connectivity index is 2.86. The summed E-state index contributed by atoms with van der Waals surface area (Å²) in [6.45, 7) is -1.67. The van der Waals surface area contributed by atoms with Gasteiger partial charge in [-0.25, -0.2) is 4.39 Å². The van der Waals surface area contributed by atoms with Gasteiger partial charge < -0.3 is 4.74 Å². The second-order valence-corrected chi connectivity index (χ2v) is 3.52. The van der Waals surface area contributed by atoms with Crippen molar-refractivity contribution in [3.8, 4) is 5.75 Å². The molecule has 84 valence electrons. The van der Waals surface area contributed by atoms with Gasteiger partial charge in [0.2, 0.25) is 5.82 Å². The first-order valence-corrected chi connectivity index (χ1v) is 4.43. The van der Waals surface area contributed by atoms with Crippen molar-refractivity contribution < 1.29 is 26.7 Å². The molecule has 0 fully saturated rings. The van der Waals surface area contributed by atoms with E-state index in [0.717, 1.165) is 12.1 Å². The minimum atomic E-state index is -4.59. The molecule has 0 bridgehead atoms. The highest BCUT2D eigenvalue weighted by Gasteiger charge is 2.29. The summed E-state index contributed by atoms with van der Waals surface area (Å²) in [6, 6.07) is 1.71. The number of rotatable bonds is 2. The van der Waals surface area contributed by atoms with Gasteiger partial charge in [-0.3, -0.25) is 0 Å². The number of halogens is 6. The smallest absolute Gasteiger partial charge is 0.422 e. The Morgan fingerprint density at radius 2 is 1.80 bits per heavy atom. The van der Waals surface area contributed by atoms with Crippen LogP contribution in [0, 0.1) is 11.6 Å². The zero-order valence-electron chi connectivity index (χ0n) is 7.04. The van der Waals surface area contributed by atoms with Gasteiger partial charge in [0.15, 0.2) is 18.2 Å². The van der Waals surface area contributed by atoms with Gasteiger partial charge in [-0.15, -0.1) is 0 Å². The molecule has 0 aliphatic carbocycles. The number of hydrogen-bond donors (Lipinski definition) is 0. The first kappa shape index (κ1) is 12.2. The zero-order valence-corrected chi connectivity index (χ0v) is 8.62. The highest BCUT2D eigenvalue weighted by Crippen LogP contribution is 2.27. The van der Waals surface area contributed by atoms with Gasteiger partial charge in [0.25, 0.3) is 0 Å². The van der Waals surface area contributed by atoms with Crippen molar-refractivity contribution in [2.45, 2.75) is 6.18 Å². The Hall–Kier alpha value is -0.850. The highest BCUT2D eigenvalue weighted by molar-refractivity contribution is 9.10. The lowest BCUT2D eigenvalue weighted by Crippen LogP contribution is -2.19. The largest absolute Gasteiger partial charge is 0.481 e. The summed E-state index contributed by atoms with van der Waals surface area (Å²) in [5, 5.41) is 0. The number of benzene rings is 1. The minimum absolute atomic E-state index is 0.0959. The van der Waals surface area contributed by atoms with Crippen molar-refractivity contribution in [3.05, 3.63) is 28.2 Å². The van der Waals surface area contributed by atoms with Gasteiger partial charge in [-0.2, -0.15) is 17.6 Å². The summed E-state index contributed by atoms with van der Waals surface area (Å²) < 4.78 is 64.9. The molecule has 0 saturated heterocycles. The molecule has 0 amide bonds. The highest BCUT2D eigenvalue weighted by atomic mass is 79.9. The molecule has 1 aromatic carbocycles. The molecule has 0 saturated carbocycles. The van der Waals surface area contributed by atoms with Crippen molar-refractivity contribution in [2.24, 2.45) is 0 Å². The second-order valence-electron chi connectivity index (χ2n) is 2.60. The maximum absolute atomic E-state index is 12.9. The molecule has 15 heavy (non-hydrogen) atoms. The summed E-state index contributed by atoms with van der Waals surface area (Å²) >= 11 is 2.80. The molecule has 1 aromatic rings. The standard InChI is InChI=1S/C8H4BrF5O/c9-4-1-5(10)7(11)6(2-4)15-3-8(12,13)14/h1-2H,3H2. The molecule has 0 aliphatic heterocycles. The monoisotopic (exact) mass is 290 g/mol. The third kappa shape index (κ3) is 3.65. The van der Waals surface area contributed by atoms with Crippen LogP contribution in [0.25, 0.3) is 0 Å². The molecule has 0 unspecified atom stereocenters. The lowest BCUT2D eigenvalue weighted by Gasteiger charge is -2.10. The van der Waals surface area contributed by atoms with E-state index in [0.29, 0.717) is 0 Å². The molecule has 7 heteroatoms. The molecule has 0 heterocycles. The van der Waals surface area contributed by atoms with Crippen LogP contribution in [0.3, 0.4) is 0 Å². The predicted molar refractivity (Wildman–Crippen MR) is 45.6 cm³/mol. The van der Waals surface area contributed by atoms with Gasteiger partial charge >= 0.3 is 6.18 Å². The molecular weight excluding hydrogens is 287 g/mol. The summed E-state index contributed by atoms with van der Waals surface area (Å²) in [6.07, 6.45) is -4.59. The van der Waals surface area contributed by atoms with E-state index in [1.807, 2.05) is 0 Å². The van der Waals surface area contributed by atoms with E-state index in [4.69, 9.17) is 0 Å². The van der Waals surface area contributed by atoms with Crippen LogP contribution in [0.2, 0.25) is 0 Å². The van der Waals surface area contributed by atoms with Crippen LogP contribution >= 0.6 is 15.9 Å². The van der Waals surface area contributed by atoms with E-state index in [-0.39, 0.29) is 4.47 Å². The number of hydrogen-bond acceptors (Lipinski definition) is 1. The van der Waals surface area contributed by atoms with Crippen molar-refractivity contribution in [3.63, 3.8) is 0 Å². The summed E-state index contributed by atoms with van der Waals surface area (Å²) in [5.41, 5.74) is 0. The van der Waals surface area contributed by atoms with Crippen LogP contribution in [0.5, 0.6) is 5.75 Å². The fraction of sp³-hybridized carbons (Fsp3) is 0.250. The van der Waals surface area contributed by atoms with Gasteiger partial charge in [0, 0.05) is 4.47 Å². The Labute approximate surface area is 90.0 Å². The third-order valence-corrected chi connectivity index (χ3v) is 1.81. The number of alkyl halides is 3. The van der Waals surface area contributed by atoms with Crippen LogP contribution in [0.15, 0.2) is 16.6 Å². The van der Waals surface area contributed by atoms with Crippen molar-refractivity contribution in [1.82, 2.24) is 0 Å². The van der Waals surface area contributed by atoms with Crippen LogP contribution in [-0.2, 0) is 0 Å².